The van der Waals surface area contributed by atoms with Gasteiger partial charge >= 0.3 is 0 Å². The summed E-state index contributed by atoms with van der Waals surface area (Å²) < 4.78 is 31.2. The molecule has 5 aromatic rings. The van der Waals surface area contributed by atoms with Crippen molar-refractivity contribution < 1.29 is 8.42 Å². The largest absolute Gasteiger partial charge is 0.357 e. The second-order valence-electron chi connectivity index (χ2n) is 8.69. The Bertz CT molecular complexity index is 1740. The predicted molar refractivity (Wildman–Crippen MR) is 138 cm³/mol. The highest BCUT2D eigenvalue weighted by molar-refractivity contribution is 7.92. The van der Waals surface area contributed by atoms with Crippen LogP contribution in [0.5, 0.6) is 0 Å². The van der Waals surface area contributed by atoms with Crippen molar-refractivity contribution in [2.45, 2.75) is 27.3 Å². The van der Waals surface area contributed by atoms with Crippen LogP contribution in [0, 0.1) is 13.8 Å². The number of rotatable bonds is 6. The smallest absolute Gasteiger partial charge is 0.274 e. The number of aromatic nitrogens is 5. The molecule has 0 fully saturated rings. The maximum Gasteiger partial charge on any atom is 0.274 e. The highest BCUT2D eigenvalue weighted by Gasteiger charge is 2.20. The van der Waals surface area contributed by atoms with E-state index in [4.69, 9.17) is 4.98 Å². The molecule has 2 N–H and O–H groups in total. The van der Waals surface area contributed by atoms with Gasteiger partial charge in [0.1, 0.15) is 16.9 Å². The van der Waals surface area contributed by atoms with Crippen molar-refractivity contribution in [3.63, 3.8) is 0 Å². The van der Waals surface area contributed by atoms with Gasteiger partial charge < -0.3 is 14.1 Å². The Morgan fingerprint density at radius 3 is 2.54 bits per heavy atom. The number of nitrogens with zero attached hydrogens (tertiary/aromatic N) is 4. The fourth-order valence-corrected chi connectivity index (χ4v) is 4.83. The Morgan fingerprint density at radius 1 is 1.09 bits per heavy atom. The first-order valence-corrected chi connectivity index (χ1v) is 12.9. The van der Waals surface area contributed by atoms with Gasteiger partial charge in [-0.15, -0.1) is 0 Å². The van der Waals surface area contributed by atoms with Crippen LogP contribution in [0.3, 0.4) is 0 Å². The summed E-state index contributed by atoms with van der Waals surface area (Å²) in [5.41, 5.74) is 5.21. The number of H-pyrrole nitrogens is 1. The molecule has 35 heavy (non-hydrogen) atoms. The molecule has 0 radical (unpaired) electrons. The molecule has 0 saturated heterocycles. The molecule has 1 aromatic carbocycles. The fraction of sp³-hybridized carbons (Fsp3) is 0.240. The summed E-state index contributed by atoms with van der Waals surface area (Å²) in [5.74, 6) is 0.645. The lowest BCUT2D eigenvalue weighted by Crippen LogP contribution is -2.17. The third-order valence-electron chi connectivity index (χ3n) is 6.17. The maximum absolute atomic E-state index is 12.6. The number of aromatic amines is 1. The Balaban J connectivity index is 1.78. The summed E-state index contributed by atoms with van der Waals surface area (Å²) in [5, 5.41) is 0.713. The van der Waals surface area contributed by atoms with Crippen molar-refractivity contribution in [1.29, 1.82) is 0 Å². The zero-order valence-electron chi connectivity index (χ0n) is 20.0. The molecule has 9 nitrogen and oxygen atoms in total. The maximum atomic E-state index is 12.6. The summed E-state index contributed by atoms with van der Waals surface area (Å²) in [4.78, 5) is 25.2. The number of sulfonamides is 1. The first kappa shape index (κ1) is 22.9. The molecule has 10 heteroatoms. The minimum atomic E-state index is -3.57. The van der Waals surface area contributed by atoms with Gasteiger partial charge in [-0.05, 0) is 38.5 Å². The number of hydrogen-bond donors (Lipinski definition) is 2. The monoisotopic (exact) mass is 490 g/mol. The molecule has 0 saturated carbocycles. The molecular weight excluding hydrogens is 464 g/mol. The average molecular weight is 491 g/mol. The Morgan fingerprint density at radius 2 is 1.83 bits per heavy atom. The van der Waals surface area contributed by atoms with Crippen molar-refractivity contribution in [1.82, 2.24) is 24.1 Å². The lowest BCUT2D eigenvalue weighted by Gasteiger charge is -2.12. The molecule has 180 valence electrons. The average Bonchev–Trinajstić information content (AvgIpc) is 3.43. The molecule has 4 aromatic heterocycles. The van der Waals surface area contributed by atoms with Crippen LogP contribution in [0.1, 0.15) is 23.9 Å². The first-order chi connectivity index (χ1) is 16.7. The number of aryl methyl sites for hydroxylation is 3. The number of anilines is 1. The highest BCUT2D eigenvalue weighted by Crippen LogP contribution is 2.32. The second kappa shape index (κ2) is 8.38. The number of hydrogen-bond acceptors (Lipinski definition) is 5. The van der Waals surface area contributed by atoms with Crippen molar-refractivity contribution in [2.24, 2.45) is 7.05 Å². The minimum absolute atomic E-state index is 0.0723. The van der Waals surface area contributed by atoms with E-state index < -0.39 is 10.0 Å². The van der Waals surface area contributed by atoms with E-state index in [1.54, 1.807) is 32.4 Å². The molecule has 4 heterocycles. The van der Waals surface area contributed by atoms with Crippen LogP contribution < -0.4 is 10.3 Å². The Labute approximate surface area is 202 Å². The molecule has 0 aliphatic carbocycles. The number of fused-ring (bicyclic) bond motifs is 2. The van der Waals surface area contributed by atoms with Gasteiger partial charge in [-0.25, -0.2) is 18.4 Å². The van der Waals surface area contributed by atoms with Crippen LogP contribution in [-0.2, 0) is 23.6 Å². The van der Waals surface area contributed by atoms with Gasteiger partial charge in [0, 0.05) is 30.4 Å². The Hall–Kier alpha value is -3.92. The molecule has 0 aliphatic heterocycles. The summed E-state index contributed by atoms with van der Waals surface area (Å²) in [6.45, 7) is 6.03. The normalized spacial score (nSPS) is 12.0. The molecule has 0 amide bonds. The quantitative estimate of drug-likeness (QED) is 0.377. The second-order valence-corrected chi connectivity index (χ2v) is 10.7. The SMILES string of the molecule is CCS(=O)(=O)Nc1cc(-c2cn(C)c(=O)c3[nH]ccc23)nc2c1nc(C)n2Cc1ccc(C)cc1. The Kier molecular flexibility index (Phi) is 5.47. The summed E-state index contributed by atoms with van der Waals surface area (Å²) in [6, 6.07) is 11.7. The fourth-order valence-electron chi connectivity index (χ4n) is 4.19. The topological polar surface area (TPSA) is 115 Å². The van der Waals surface area contributed by atoms with Gasteiger partial charge in [-0.1, -0.05) is 29.8 Å². The standard InChI is InChI=1S/C25H26N6O3S/c1-5-35(33,34)29-21-12-20(19-14-30(4)25(32)22-18(19)10-11-26-22)28-24-23(21)27-16(3)31(24)13-17-8-6-15(2)7-9-17/h6-12,14,26H,5,13H2,1-4H3,(H,28,29). The molecule has 0 atom stereocenters. The van der Waals surface area contributed by atoms with Gasteiger partial charge in [-0.2, -0.15) is 0 Å². The van der Waals surface area contributed by atoms with Gasteiger partial charge in [0.25, 0.3) is 5.56 Å². The summed E-state index contributed by atoms with van der Waals surface area (Å²) in [6.07, 6.45) is 3.43. The van der Waals surface area contributed by atoms with Crippen molar-refractivity contribution in [2.75, 3.05) is 10.5 Å². The van der Waals surface area contributed by atoms with E-state index in [2.05, 4.69) is 39.0 Å². The van der Waals surface area contributed by atoms with Gasteiger partial charge in [0.15, 0.2) is 5.65 Å². The van der Waals surface area contributed by atoms with E-state index in [-0.39, 0.29) is 11.3 Å². The van der Waals surface area contributed by atoms with E-state index in [0.29, 0.717) is 45.6 Å². The summed E-state index contributed by atoms with van der Waals surface area (Å²) >= 11 is 0. The van der Waals surface area contributed by atoms with E-state index >= 15 is 0 Å². The van der Waals surface area contributed by atoms with Crippen molar-refractivity contribution in [3.8, 4) is 11.3 Å². The molecule has 0 spiro atoms. The predicted octanol–water partition coefficient (Wildman–Crippen LogP) is 3.71. The number of pyridine rings is 2. The van der Waals surface area contributed by atoms with Crippen LogP contribution in [-0.4, -0.2) is 38.3 Å². The van der Waals surface area contributed by atoms with Gasteiger partial charge in [-0.3, -0.25) is 9.52 Å². The third-order valence-corrected chi connectivity index (χ3v) is 7.46. The lowest BCUT2D eigenvalue weighted by atomic mass is 10.1. The molecule has 0 bridgehead atoms. The van der Waals surface area contributed by atoms with Crippen molar-refractivity contribution >= 4 is 37.8 Å². The van der Waals surface area contributed by atoms with E-state index in [1.807, 2.05) is 24.5 Å². The van der Waals surface area contributed by atoms with Gasteiger partial charge in [0.05, 0.1) is 23.7 Å². The van der Waals surface area contributed by atoms with E-state index in [1.165, 1.54) is 10.1 Å². The molecular formula is C25H26N6O3S. The van der Waals surface area contributed by atoms with Crippen LogP contribution in [0.4, 0.5) is 5.69 Å². The molecule has 0 aliphatic rings. The van der Waals surface area contributed by atoms with E-state index in [0.717, 1.165) is 11.4 Å². The minimum Gasteiger partial charge on any atom is -0.357 e. The zero-order valence-corrected chi connectivity index (χ0v) is 20.8. The van der Waals surface area contributed by atoms with Crippen LogP contribution >= 0.6 is 0 Å². The summed E-state index contributed by atoms with van der Waals surface area (Å²) in [7, 11) is -1.89. The number of nitrogens with one attached hydrogen (secondary N) is 2. The van der Waals surface area contributed by atoms with Crippen LogP contribution in [0.2, 0.25) is 0 Å². The molecule has 0 unspecified atom stereocenters. The van der Waals surface area contributed by atoms with Crippen LogP contribution in [0.25, 0.3) is 33.3 Å². The highest BCUT2D eigenvalue weighted by atomic mass is 32.2. The number of benzene rings is 1. The van der Waals surface area contributed by atoms with Crippen LogP contribution in [0.15, 0.2) is 53.6 Å². The third kappa shape index (κ3) is 4.10. The molecule has 5 rings (SSSR count). The van der Waals surface area contributed by atoms with Crippen molar-refractivity contribution in [3.05, 3.63) is 76.1 Å². The lowest BCUT2D eigenvalue weighted by molar-refractivity contribution is 0.602. The van der Waals surface area contributed by atoms with Gasteiger partial charge in [0.2, 0.25) is 10.0 Å². The number of imidazole rings is 1. The van der Waals surface area contributed by atoms with E-state index in [9.17, 15) is 13.2 Å². The first-order valence-electron chi connectivity index (χ1n) is 11.3. The zero-order chi connectivity index (χ0) is 24.9.